The van der Waals surface area contributed by atoms with E-state index in [1.54, 1.807) is 6.07 Å². The molecule has 1 aromatic rings. The van der Waals surface area contributed by atoms with Gasteiger partial charge in [0.2, 0.25) is 0 Å². The molecule has 16 heavy (non-hydrogen) atoms. The van der Waals surface area contributed by atoms with Crippen LogP contribution in [0.5, 0.6) is 0 Å². The highest BCUT2D eigenvalue weighted by atomic mass is 35.5. The summed E-state index contributed by atoms with van der Waals surface area (Å²) in [6.45, 7) is 0.351. The molecule has 0 aliphatic rings. The highest BCUT2D eigenvalue weighted by Crippen LogP contribution is 2.11. The number of nitrogens with one attached hydrogen (secondary N) is 1. The lowest BCUT2D eigenvalue weighted by Crippen LogP contribution is -2.25. The predicted molar refractivity (Wildman–Crippen MR) is 62.6 cm³/mol. The topological polar surface area (TPSA) is 63.2 Å². The zero-order valence-electron chi connectivity index (χ0n) is 8.73. The maximum absolute atomic E-state index is 11.5. The molecule has 88 valence electrons. The number of hydrogen-bond donors (Lipinski definition) is 1. The first-order valence-corrected chi connectivity index (χ1v) is 7.02. The van der Waals surface area contributed by atoms with Crippen molar-refractivity contribution in [3.8, 4) is 0 Å². The monoisotopic (exact) mass is 261 g/mol. The minimum atomic E-state index is -3.29. The van der Waals surface area contributed by atoms with Gasteiger partial charge in [-0.2, -0.15) is 0 Å². The zero-order valence-corrected chi connectivity index (χ0v) is 10.3. The lowest BCUT2D eigenvalue weighted by Gasteiger charge is -2.04. The first-order chi connectivity index (χ1) is 7.45. The third-order valence-electron chi connectivity index (χ3n) is 1.90. The predicted octanol–water partition coefficient (Wildman–Crippen LogP) is 1.06. The van der Waals surface area contributed by atoms with Crippen molar-refractivity contribution < 1.29 is 13.2 Å². The lowest BCUT2D eigenvalue weighted by molar-refractivity contribution is 0.0956. The summed E-state index contributed by atoms with van der Waals surface area (Å²) in [5.41, 5.74) is 0.313. The van der Waals surface area contributed by atoms with E-state index < -0.39 is 9.84 Å². The van der Waals surface area contributed by atoms with Gasteiger partial charge in [-0.3, -0.25) is 4.79 Å². The molecule has 0 aliphatic carbocycles. The van der Waals surface area contributed by atoms with Crippen LogP contribution in [-0.4, -0.2) is 33.0 Å². The smallest absolute Gasteiger partial charge is 0.251 e. The van der Waals surface area contributed by atoms with E-state index in [1.165, 1.54) is 18.2 Å². The van der Waals surface area contributed by atoms with E-state index in [1.807, 2.05) is 0 Å². The number of sulfone groups is 1. The van der Waals surface area contributed by atoms with Crippen molar-refractivity contribution >= 4 is 27.3 Å². The molecule has 0 heterocycles. The molecule has 0 unspecified atom stereocenters. The zero-order chi connectivity index (χ0) is 12.2. The van der Waals surface area contributed by atoms with E-state index in [0.29, 0.717) is 18.0 Å². The Morgan fingerprint density at radius 3 is 2.69 bits per heavy atom. The highest BCUT2D eigenvalue weighted by Gasteiger charge is 2.10. The third-order valence-corrected chi connectivity index (χ3v) is 3.20. The van der Waals surface area contributed by atoms with E-state index in [9.17, 15) is 13.2 Å². The Hall–Kier alpha value is -1.07. The molecule has 1 rings (SSSR count). The van der Waals surface area contributed by atoms with E-state index in [2.05, 4.69) is 5.32 Å². The van der Waals surface area contributed by atoms with E-state index in [0.717, 1.165) is 6.26 Å². The number of hydrogen-bond acceptors (Lipinski definition) is 3. The van der Waals surface area contributed by atoms with Crippen molar-refractivity contribution in [2.45, 2.75) is 4.90 Å². The average Bonchev–Trinajstić information content (AvgIpc) is 2.25. The van der Waals surface area contributed by atoms with Gasteiger partial charge < -0.3 is 5.32 Å². The molecule has 0 aliphatic heterocycles. The van der Waals surface area contributed by atoms with Crippen molar-refractivity contribution in [3.05, 3.63) is 29.8 Å². The first kappa shape index (κ1) is 13.0. The molecule has 0 aromatic heterocycles. The fraction of sp³-hybridized carbons (Fsp3) is 0.300. The van der Waals surface area contributed by atoms with Crippen molar-refractivity contribution in [1.29, 1.82) is 0 Å². The molecular formula is C10H12ClNO3S. The second-order valence-corrected chi connectivity index (χ2v) is 5.64. The minimum Gasteiger partial charge on any atom is -0.351 e. The highest BCUT2D eigenvalue weighted by molar-refractivity contribution is 7.90. The molecule has 0 atom stereocenters. The minimum absolute atomic E-state index is 0.131. The number of rotatable bonds is 4. The normalized spacial score (nSPS) is 11.1. The van der Waals surface area contributed by atoms with Crippen molar-refractivity contribution in [2.75, 3.05) is 18.7 Å². The Kier molecular flexibility index (Phi) is 4.32. The van der Waals surface area contributed by atoms with Crippen molar-refractivity contribution in [2.24, 2.45) is 0 Å². The quantitative estimate of drug-likeness (QED) is 0.825. The van der Waals surface area contributed by atoms with Crippen LogP contribution in [0.4, 0.5) is 0 Å². The van der Waals surface area contributed by atoms with Gasteiger partial charge in [0.15, 0.2) is 9.84 Å². The Balaban J connectivity index is 2.95. The van der Waals surface area contributed by atoms with E-state index in [4.69, 9.17) is 11.6 Å². The molecule has 0 bridgehead atoms. The summed E-state index contributed by atoms with van der Waals surface area (Å²) in [6, 6.07) is 5.89. The van der Waals surface area contributed by atoms with Gasteiger partial charge in [0.25, 0.3) is 5.91 Å². The van der Waals surface area contributed by atoms with E-state index in [-0.39, 0.29) is 10.8 Å². The van der Waals surface area contributed by atoms with Gasteiger partial charge in [0.1, 0.15) is 0 Å². The number of carbonyl (C=O) groups is 1. The van der Waals surface area contributed by atoms with Crippen LogP contribution in [0.15, 0.2) is 29.2 Å². The average molecular weight is 262 g/mol. The molecule has 1 amide bonds. The first-order valence-electron chi connectivity index (χ1n) is 4.59. The third kappa shape index (κ3) is 3.50. The molecule has 1 aromatic carbocycles. The van der Waals surface area contributed by atoms with Crippen molar-refractivity contribution in [1.82, 2.24) is 5.32 Å². The molecule has 0 spiro atoms. The van der Waals surface area contributed by atoms with Crippen molar-refractivity contribution in [3.63, 3.8) is 0 Å². The molecular weight excluding hydrogens is 250 g/mol. The molecule has 6 heteroatoms. The molecule has 0 saturated heterocycles. The van der Waals surface area contributed by atoms with Gasteiger partial charge in [0.05, 0.1) is 4.90 Å². The van der Waals surface area contributed by atoms with Gasteiger partial charge in [0, 0.05) is 24.2 Å². The number of amides is 1. The second-order valence-electron chi connectivity index (χ2n) is 3.24. The maximum atomic E-state index is 11.5. The second kappa shape index (κ2) is 5.32. The fourth-order valence-electron chi connectivity index (χ4n) is 1.13. The number of carbonyl (C=O) groups excluding carboxylic acids is 1. The molecule has 1 N–H and O–H groups in total. The number of halogens is 1. The van der Waals surface area contributed by atoms with Crippen LogP contribution in [-0.2, 0) is 9.84 Å². The number of alkyl halides is 1. The standard InChI is InChI=1S/C10H12ClNO3S/c1-16(14,15)9-4-2-3-8(7-9)10(13)12-6-5-11/h2-4,7H,5-6H2,1H3,(H,12,13). The Morgan fingerprint density at radius 1 is 1.44 bits per heavy atom. The van der Waals surface area contributed by atoms with Crippen LogP contribution in [0, 0.1) is 0 Å². The number of benzene rings is 1. The van der Waals surface area contributed by atoms with E-state index >= 15 is 0 Å². The lowest BCUT2D eigenvalue weighted by atomic mass is 10.2. The summed E-state index contributed by atoms with van der Waals surface area (Å²) < 4.78 is 22.5. The van der Waals surface area contributed by atoms with Crippen LogP contribution in [0.2, 0.25) is 0 Å². The Morgan fingerprint density at radius 2 is 2.12 bits per heavy atom. The van der Waals surface area contributed by atoms with Crippen LogP contribution in [0.3, 0.4) is 0 Å². The van der Waals surface area contributed by atoms with Crippen LogP contribution in [0.1, 0.15) is 10.4 Å². The molecule has 0 saturated carbocycles. The summed E-state index contributed by atoms with van der Waals surface area (Å²) in [5.74, 6) is -0.0107. The maximum Gasteiger partial charge on any atom is 0.251 e. The van der Waals surface area contributed by atoms with Gasteiger partial charge in [-0.25, -0.2) is 8.42 Å². The Labute approximate surface area is 99.5 Å². The van der Waals surface area contributed by atoms with Gasteiger partial charge in [-0.15, -0.1) is 11.6 Å². The summed E-state index contributed by atoms with van der Waals surface area (Å²) in [5, 5.41) is 2.56. The summed E-state index contributed by atoms with van der Waals surface area (Å²) in [7, 11) is -3.29. The fourth-order valence-corrected chi connectivity index (χ4v) is 1.89. The largest absolute Gasteiger partial charge is 0.351 e. The van der Waals surface area contributed by atoms with Gasteiger partial charge >= 0.3 is 0 Å². The Bertz CT molecular complexity index is 485. The van der Waals surface area contributed by atoms with Gasteiger partial charge in [-0.05, 0) is 18.2 Å². The summed E-state index contributed by atoms with van der Waals surface area (Å²) >= 11 is 5.43. The van der Waals surface area contributed by atoms with Gasteiger partial charge in [-0.1, -0.05) is 6.07 Å². The van der Waals surface area contributed by atoms with Crippen LogP contribution < -0.4 is 5.32 Å². The summed E-state index contributed by atoms with van der Waals surface area (Å²) in [4.78, 5) is 11.6. The summed E-state index contributed by atoms with van der Waals surface area (Å²) in [6.07, 6.45) is 1.10. The van der Waals surface area contributed by atoms with Crippen LogP contribution in [0.25, 0.3) is 0 Å². The molecule has 4 nitrogen and oxygen atoms in total. The molecule has 0 fully saturated rings. The SMILES string of the molecule is CS(=O)(=O)c1cccc(C(=O)NCCCl)c1. The van der Waals surface area contributed by atoms with Crippen LogP contribution >= 0.6 is 11.6 Å². The molecule has 0 radical (unpaired) electrons.